The van der Waals surface area contributed by atoms with E-state index in [0.717, 1.165) is 21.0 Å². The van der Waals surface area contributed by atoms with Crippen molar-refractivity contribution >= 4 is 43.1 Å². The van der Waals surface area contributed by atoms with Crippen molar-refractivity contribution in [3.05, 3.63) is 62.7 Å². The summed E-state index contributed by atoms with van der Waals surface area (Å²) in [6.45, 7) is 1.38. The summed E-state index contributed by atoms with van der Waals surface area (Å²) >= 11 is 6.03. The minimum atomic E-state index is -5.16. The Kier molecular flexibility index (Phi) is 10.6. The van der Waals surface area contributed by atoms with Gasteiger partial charge in [0.1, 0.15) is 4.90 Å². The maximum Gasteiger partial charge on any atom is 0.418 e. The third kappa shape index (κ3) is 8.75. The molecule has 3 rings (SSSR count). The quantitative estimate of drug-likeness (QED) is 0.192. The summed E-state index contributed by atoms with van der Waals surface area (Å²) in [4.78, 5) is 12.6. The lowest BCUT2D eigenvalue weighted by Crippen LogP contribution is -2.48. The van der Waals surface area contributed by atoms with E-state index >= 15 is 0 Å². The fourth-order valence-electron chi connectivity index (χ4n) is 4.50. The number of non-ortho nitro benzene ring substituents is 1. The fraction of sp³-hybridized carbons (Fsp3) is 0.500. The molecule has 41 heavy (non-hydrogen) atoms. The minimum absolute atomic E-state index is 0.0721. The van der Waals surface area contributed by atoms with Crippen LogP contribution in [0, 0.1) is 10.1 Å². The number of alkyl halides is 3. The molecule has 2 aromatic carbocycles. The van der Waals surface area contributed by atoms with Crippen molar-refractivity contribution in [2.45, 2.75) is 31.0 Å². The van der Waals surface area contributed by atoms with Crippen LogP contribution in [0.4, 0.5) is 24.5 Å². The van der Waals surface area contributed by atoms with E-state index in [0.29, 0.717) is 17.6 Å². The molecule has 1 aliphatic rings. The molecule has 0 aliphatic carbocycles. The molecule has 17 heteroatoms. The average molecular weight is 643 g/mol. The van der Waals surface area contributed by atoms with Crippen LogP contribution in [0.3, 0.4) is 0 Å². The number of nitrogens with zero attached hydrogens (tertiary/aromatic N) is 4. The lowest BCUT2D eigenvalue weighted by atomic mass is 10.1. The molecule has 1 heterocycles. The van der Waals surface area contributed by atoms with Crippen LogP contribution in [0.25, 0.3) is 0 Å². The van der Waals surface area contributed by atoms with Gasteiger partial charge in [0, 0.05) is 63.0 Å². The number of rotatable bonds is 12. The summed E-state index contributed by atoms with van der Waals surface area (Å²) in [6.07, 6.45) is -4.13. The molecule has 1 fully saturated rings. The predicted molar refractivity (Wildman–Crippen MR) is 147 cm³/mol. The van der Waals surface area contributed by atoms with Crippen LogP contribution >= 0.6 is 11.6 Å². The Hall–Kier alpha value is -2.50. The van der Waals surface area contributed by atoms with Crippen molar-refractivity contribution < 1.29 is 39.1 Å². The van der Waals surface area contributed by atoms with Gasteiger partial charge in [-0.15, -0.1) is 0 Å². The van der Waals surface area contributed by atoms with E-state index in [-0.39, 0.29) is 45.2 Å². The Bertz CT molecular complexity index is 1470. The Morgan fingerprint density at radius 3 is 2.27 bits per heavy atom. The maximum atomic E-state index is 14.3. The summed E-state index contributed by atoms with van der Waals surface area (Å²) in [5, 5.41) is 12.1. The summed E-state index contributed by atoms with van der Waals surface area (Å²) in [7, 11) is -8.61. The molecule has 1 saturated heterocycles. The number of benzene rings is 2. The molecule has 228 valence electrons. The Morgan fingerprint density at radius 2 is 1.73 bits per heavy atom. The highest BCUT2D eigenvalue weighted by Crippen LogP contribution is 2.44. The first-order valence-electron chi connectivity index (χ1n) is 12.5. The molecular formula is C24H30ClF3N4O7S2. The third-order valence-corrected chi connectivity index (χ3v) is 9.03. The Morgan fingerprint density at radius 1 is 1.07 bits per heavy atom. The summed E-state index contributed by atoms with van der Waals surface area (Å²) in [5.41, 5.74) is -2.44. The third-order valence-electron chi connectivity index (χ3n) is 6.29. The zero-order valence-corrected chi connectivity index (χ0v) is 24.7. The van der Waals surface area contributed by atoms with E-state index in [9.17, 15) is 40.1 Å². The summed E-state index contributed by atoms with van der Waals surface area (Å²) in [6, 6.07) is 8.04. The van der Waals surface area contributed by atoms with Gasteiger partial charge in [-0.25, -0.2) is 8.42 Å². The SMILES string of the molecule is CCCN(CCOS(C)(=O)=O)c1c(C(F)(F)F)cc([N+](=O)[O-])cc1S(=O)(=O)N1CCN(Cc2cccc(Cl)c2)CC1. The van der Waals surface area contributed by atoms with E-state index in [4.69, 9.17) is 15.8 Å². The van der Waals surface area contributed by atoms with Gasteiger partial charge < -0.3 is 4.90 Å². The highest BCUT2D eigenvalue weighted by molar-refractivity contribution is 7.89. The van der Waals surface area contributed by atoms with Gasteiger partial charge in [-0.3, -0.25) is 19.2 Å². The first-order chi connectivity index (χ1) is 19.0. The summed E-state index contributed by atoms with van der Waals surface area (Å²) in [5.74, 6) is 0. The second-order valence-electron chi connectivity index (χ2n) is 9.42. The Labute approximate surface area is 241 Å². The first kappa shape index (κ1) is 33.0. The smallest absolute Gasteiger partial charge is 0.368 e. The molecule has 0 aromatic heterocycles. The number of hydrogen-bond donors (Lipinski definition) is 0. The van der Waals surface area contributed by atoms with Gasteiger partial charge in [0.25, 0.3) is 15.8 Å². The van der Waals surface area contributed by atoms with Gasteiger partial charge in [-0.2, -0.15) is 25.9 Å². The van der Waals surface area contributed by atoms with Crippen LogP contribution in [0.15, 0.2) is 41.3 Å². The second-order valence-corrected chi connectivity index (χ2v) is 13.4. The van der Waals surface area contributed by atoms with Crippen LogP contribution < -0.4 is 4.90 Å². The highest BCUT2D eigenvalue weighted by atomic mass is 35.5. The molecular weight excluding hydrogens is 613 g/mol. The molecule has 0 saturated carbocycles. The molecule has 0 N–H and O–H groups in total. The van der Waals surface area contributed by atoms with E-state index in [1.807, 2.05) is 11.0 Å². The summed E-state index contributed by atoms with van der Waals surface area (Å²) < 4.78 is 99.2. The number of hydrogen-bond acceptors (Lipinski definition) is 9. The fourth-order valence-corrected chi connectivity index (χ4v) is 6.77. The standard InChI is InChI=1S/C24H30ClF3N4O7S2/c1-3-7-30(12-13-39-40(2,35)36)23-21(24(26,27)28)15-20(32(33)34)16-22(23)41(37,38)31-10-8-29(9-11-31)17-18-5-4-6-19(25)14-18/h4-6,14-16H,3,7-13,17H2,1-2H3. The highest BCUT2D eigenvalue weighted by Gasteiger charge is 2.42. The molecule has 0 spiro atoms. The molecule has 0 unspecified atom stereocenters. The number of nitro benzene ring substituents is 1. The zero-order valence-electron chi connectivity index (χ0n) is 22.3. The van der Waals surface area contributed by atoms with Crippen molar-refractivity contribution in [3.63, 3.8) is 0 Å². The van der Waals surface area contributed by atoms with Crippen molar-refractivity contribution in [1.29, 1.82) is 0 Å². The largest absolute Gasteiger partial charge is 0.418 e. The van der Waals surface area contributed by atoms with E-state index < -0.39 is 66.2 Å². The maximum absolute atomic E-state index is 14.3. The molecule has 0 atom stereocenters. The molecule has 0 radical (unpaired) electrons. The first-order valence-corrected chi connectivity index (χ1v) is 16.1. The van der Waals surface area contributed by atoms with Gasteiger partial charge in [-0.1, -0.05) is 30.7 Å². The van der Waals surface area contributed by atoms with E-state index in [1.54, 1.807) is 25.1 Å². The monoisotopic (exact) mass is 642 g/mol. The van der Waals surface area contributed by atoms with Crippen LogP contribution in [0.2, 0.25) is 5.02 Å². The van der Waals surface area contributed by atoms with Gasteiger partial charge in [0.05, 0.1) is 29.0 Å². The lowest BCUT2D eigenvalue weighted by molar-refractivity contribution is -0.385. The zero-order chi connectivity index (χ0) is 30.6. The molecule has 11 nitrogen and oxygen atoms in total. The lowest BCUT2D eigenvalue weighted by Gasteiger charge is -2.35. The molecule has 0 bridgehead atoms. The number of sulfonamides is 1. The molecule has 2 aromatic rings. The van der Waals surface area contributed by atoms with Crippen molar-refractivity contribution in [2.24, 2.45) is 0 Å². The minimum Gasteiger partial charge on any atom is -0.368 e. The molecule has 1 aliphatic heterocycles. The van der Waals surface area contributed by atoms with Crippen LogP contribution in [0.5, 0.6) is 0 Å². The second kappa shape index (κ2) is 13.2. The van der Waals surface area contributed by atoms with E-state index in [1.165, 1.54) is 0 Å². The number of nitro groups is 1. The Balaban J connectivity index is 2.03. The number of anilines is 1. The van der Waals surface area contributed by atoms with Gasteiger partial charge in [0.15, 0.2) is 0 Å². The van der Waals surface area contributed by atoms with Gasteiger partial charge in [-0.05, 0) is 24.1 Å². The van der Waals surface area contributed by atoms with Crippen molar-refractivity contribution in [2.75, 3.05) is 57.0 Å². The van der Waals surface area contributed by atoms with Gasteiger partial charge in [0.2, 0.25) is 10.0 Å². The van der Waals surface area contributed by atoms with E-state index in [2.05, 4.69) is 0 Å². The number of piperazine rings is 1. The van der Waals surface area contributed by atoms with Gasteiger partial charge >= 0.3 is 6.18 Å². The van der Waals surface area contributed by atoms with Crippen LogP contribution in [-0.2, 0) is 37.0 Å². The average Bonchev–Trinajstić information content (AvgIpc) is 2.86. The van der Waals surface area contributed by atoms with Crippen molar-refractivity contribution in [3.8, 4) is 0 Å². The molecule has 0 amide bonds. The predicted octanol–water partition coefficient (Wildman–Crippen LogP) is 3.97. The van der Waals surface area contributed by atoms with Crippen LogP contribution in [-0.4, -0.2) is 83.1 Å². The topological polar surface area (TPSA) is 130 Å². The van der Waals surface area contributed by atoms with Crippen molar-refractivity contribution in [1.82, 2.24) is 9.21 Å². The number of halogens is 4. The normalized spacial score (nSPS) is 15.7. The van der Waals surface area contributed by atoms with Crippen LogP contribution in [0.1, 0.15) is 24.5 Å².